The molecule has 0 unspecified atom stereocenters. The molecule has 1 amide bonds. The van der Waals surface area contributed by atoms with Gasteiger partial charge in [0.05, 0.1) is 12.3 Å². The number of hydrogen-bond donors (Lipinski definition) is 1. The lowest BCUT2D eigenvalue weighted by Gasteiger charge is -2.11. The number of carbonyl (C=O) groups excluding carboxylic acids is 1. The van der Waals surface area contributed by atoms with Crippen molar-refractivity contribution < 1.29 is 31.5 Å². The number of thioether (sulfide) groups is 1. The summed E-state index contributed by atoms with van der Waals surface area (Å²) in [4.78, 5) is 12.5. The van der Waals surface area contributed by atoms with Crippen molar-refractivity contribution in [3.05, 3.63) is 59.7 Å². The Bertz CT molecular complexity index is 735. The molecule has 0 spiro atoms. The fraction of sp³-hybridized carbons (Fsp3) is 0.235. The average Bonchev–Trinajstić information content (AvgIpc) is 2.55. The molecule has 0 aromatic heterocycles. The van der Waals surface area contributed by atoms with Crippen LogP contribution < -0.4 is 5.32 Å². The zero-order chi connectivity index (χ0) is 19.2. The fourth-order valence-corrected chi connectivity index (χ4v) is 2.60. The fourth-order valence-electron chi connectivity index (χ4n) is 2.00. The normalized spacial score (nSPS) is 11.6. The molecule has 0 fully saturated rings. The monoisotopic (exact) mass is 391 g/mol. The van der Waals surface area contributed by atoms with Crippen LogP contribution >= 0.6 is 11.8 Å². The summed E-state index contributed by atoms with van der Waals surface area (Å²) in [5.74, 6) is -3.14. The molecule has 0 saturated heterocycles. The predicted octanol–water partition coefficient (Wildman–Crippen LogP) is 5.33. The third-order valence-electron chi connectivity index (χ3n) is 3.10. The second-order valence-electron chi connectivity index (χ2n) is 5.13. The summed E-state index contributed by atoms with van der Waals surface area (Å²) < 4.78 is 65.7. The van der Waals surface area contributed by atoms with Crippen molar-refractivity contribution in [3.8, 4) is 0 Å². The number of amides is 1. The molecule has 0 aliphatic heterocycles. The summed E-state index contributed by atoms with van der Waals surface area (Å²) in [6.07, 6.45) is -4.40. The Morgan fingerprint density at radius 1 is 1.08 bits per heavy atom. The van der Waals surface area contributed by atoms with Crippen molar-refractivity contribution in [3.63, 3.8) is 0 Å². The number of benzene rings is 2. The number of ether oxygens (including phenoxy) is 1. The minimum absolute atomic E-state index is 0.230. The summed E-state index contributed by atoms with van der Waals surface area (Å²) >= 11 is 0.319. The molecule has 0 aliphatic carbocycles. The molecular formula is C17H14F5NO2S. The van der Waals surface area contributed by atoms with Crippen LogP contribution in [0, 0.1) is 0 Å². The van der Waals surface area contributed by atoms with E-state index in [0.29, 0.717) is 17.3 Å². The lowest BCUT2D eigenvalue weighted by molar-refractivity contribution is -0.176. The largest absolute Gasteiger partial charge is 0.411 e. The van der Waals surface area contributed by atoms with Gasteiger partial charge in [0.25, 0.3) is 11.7 Å². The Morgan fingerprint density at radius 3 is 2.35 bits per heavy atom. The highest BCUT2D eigenvalue weighted by molar-refractivity contribution is 7.99. The van der Waals surface area contributed by atoms with Gasteiger partial charge in [-0.3, -0.25) is 4.79 Å². The maximum atomic E-state index is 12.5. The molecule has 0 radical (unpaired) electrons. The van der Waals surface area contributed by atoms with Gasteiger partial charge in [-0.15, -0.1) is 0 Å². The van der Waals surface area contributed by atoms with E-state index in [9.17, 15) is 26.7 Å². The predicted molar refractivity (Wildman–Crippen MR) is 88.4 cm³/mol. The van der Waals surface area contributed by atoms with Crippen LogP contribution in [0.5, 0.6) is 0 Å². The first-order valence-corrected chi connectivity index (χ1v) is 8.21. The molecule has 2 rings (SSSR count). The molecular weight excluding hydrogens is 377 g/mol. The molecule has 0 aliphatic rings. The quantitative estimate of drug-likeness (QED) is 0.512. The zero-order valence-electron chi connectivity index (χ0n) is 13.2. The van der Waals surface area contributed by atoms with E-state index in [-0.39, 0.29) is 22.8 Å². The first kappa shape index (κ1) is 20.2. The van der Waals surface area contributed by atoms with Crippen LogP contribution in [-0.4, -0.2) is 24.4 Å². The maximum Gasteiger partial charge on any atom is 0.411 e. The Hall–Kier alpha value is -2.13. The molecule has 0 saturated carbocycles. The zero-order valence-corrected chi connectivity index (χ0v) is 14.0. The molecule has 140 valence electrons. The van der Waals surface area contributed by atoms with Gasteiger partial charge in [0.1, 0.15) is 6.61 Å². The highest BCUT2D eigenvalue weighted by atomic mass is 32.2. The van der Waals surface area contributed by atoms with E-state index in [4.69, 9.17) is 0 Å². The maximum absolute atomic E-state index is 12.5. The number of rotatable bonds is 7. The topological polar surface area (TPSA) is 38.3 Å². The minimum Gasteiger partial charge on any atom is -0.367 e. The third-order valence-corrected chi connectivity index (χ3v) is 3.89. The number of alkyl halides is 5. The van der Waals surface area contributed by atoms with Gasteiger partial charge in [0.2, 0.25) is 0 Å². The van der Waals surface area contributed by atoms with Gasteiger partial charge in [0, 0.05) is 10.5 Å². The van der Waals surface area contributed by atoms with Gasteiger partial charge in [-0.05, 0) is 29.8 Å². The van der Waals surface area contributed by atoms with Gasteiger partial charge >= 0.3 is 6.18 Å². The number of hydrogen-bond acceptors (Lipinski definition) is 3. The van der Waals surface area contributed by atoms with Crippen molar-refractivity contribution in [2.75, 3.05) is 11.9 Å². The Balaban J connectivity index is 1.98. The Kier molecular flexibility index (Phi) is 6.98. The van der Waals surface area contributed by atoms with Crippen LogP contribution in [0.15, 0.2) is 53.4 Å². The van der Waals surface area contributed by atoms with Crippen molar-refractivity contribution in [1.29, 1.82) is 0 Å². The van der Waals surface area contributed by atoms with E-state index in [0.717, 1.165) is 0 Å². The molecule has 2 aromatic carbocycles. The minimum atomic E-state index is -4.40. The molecule has 0 bridgehead atoms. The van der Waals surface area contributed by atoms with Crippen LogP contribution in [0.3, 0.4) is 0 Å². The lowest BCUT2D eigenvalue weighted by atomic mass is 10.1. The van der Waals surface area contributed by atoms with Gasteiger partial charge in [-0.25, -0.2) is 0 Å². The molecule has 9 heteroatoms. The number of nitrogens with one attached hydrogen (secondary N) is 1. The highest BCUT2D eigenvalue weighted by Crippen LogP contribution is 2.31. The SMILES string of the molecule is O=C(Nc1ccccc1SC(F)F)c1ccc(COCC(F)(F)F)cc1. The van der Waals surface area contributed by atoms with E-state index in [1.54, 1.807) is 12.1 Å². The second-order valence-corrected chi connectivity index (χ2v) is 6.17. The molecule has 2 aromatic rings. The molecule has 0 atom stereocenters. The van der Waals surface area contributed by atoms with E-state index < -0.39 is 24.4 Å². The summed E-state index contributed by atoms with van der Waals surface area (Å²) in [6.45, 7) is -1.59. The first-order chi connectivity index (χ1) is 12.2. The van der Waals surface area contributed by atoms with Crippen LogP contribution in [0.2, 0.25) is 0 Å². The highest BCUT2D eigenvalue weighted by Gasteiger charge is 2.27. The summed E-state index contributed by atoms with van der Waals surface area (Å²) in [7, 11) is 0. The number of carbonyl (C=O) groups is 1. The van der Waals surface area contributed by atoms with Crippen LogP contribution in [0.1, 0.15) is 15.9 Å². The Labute approximate surface area is 150 Å². The first-order valence-electron chi connectivity index (χ1n) is 7.33. The van der Waals surface area contributed by atoms with Gasteiger partial charge in [-0.2, -0.15) is 22.0 Å². The van der Waals surface area contributed by atoms with Crippen molar-refractivity contribution >= 4 is 23.4 Å². The lowest BCUT2D eigenvalue weighted by Crippen LogP contribution is -2.16. The van der Waals surface area contributed by atoms with Gasteiger partial charge in [-0.1, -0.05) is 36.0 Å². The van der Waals surface area contributed by atoms with Crippen LogP contribution in [-0.2, 0) is 11.3 Å². The van der Waals surface area contributed by atoms with Crippen molar-refractivity contribution in [1.82, 2.24) is 0 Å². The third kappa shape index (κ3) is 6.64. The van der Waals surface area contributed by atoms with Crippen molar-refractivity contribution in [2.45, 2.75) is 23.4 Å². The number of para-hydroxylation sites is 1. The second kappa shape index (κ2) is 9.00. The average molecular weight is 391 g/mol. The van der Waals surface area contributed by atoms with Crippen molar-refractivity contribution in [2.24, 2.45) is 0 Å². The standard InChI is InChI=1S/C17H14F5NO2S/c18-16(19)26-14-4-2-1-3-13(14)23-15(24)12-7-5-11(6-8-12)9-25-10-17(20,21)22/h1-8,16H,9-10H2,(H,23,24). The Morgan fingerprint density at radius 2 is 1.73 bits per heavy atom. The summed E-state index contributed by atoms with van der Waals surface area (Å²) in [6, 6.07) is 11.9. The summed E-state index contributed by atoms with van der Waals surface area (Å²) in [5.41, 5.74) is 0.960. The molecule has 1 N–H and O–H groups in total. The number of halogens is 5. The smallest absolute Gasteiger partial charge is 0.367 e. The van der Waals surface area contributed by atoms with Gasteiger partial charge < -0.3 is 10.1 Å². The molecule has 0 heterocycles. The number of anilines is 1. The van der Waals surface area contributed by atoms with E-state index in [2.05, 4.69) is 10.1 Å². The summed E-state index contributed by atoms with van der Waals surface area (Å²) in [5, 5.41) is 2.54. The van der Waals surface area contributed by atoms with Crippen LogP contribution in [0.25, 0.3) is 0 Å². The van der Waals surface area contributed by atoms with E-state index >= 15 is 0 Å². The molecule has 3 nitrogen and oxygen atoms in total. The molecule has 26 heavy (non-hydrogen) atoms. The van der Waals surface area contributed by atoms with Gasteiger partial charge in [0.15, 0.2) is 0 Å². The van der Waals surface area contributed by atoms with E-state index in [1.807, 2.05) is 0 Å². The van der Waals surface area contributed by atoms with E-state index in [1.165, 1.54) is 36.4 Å². The van der Waals surface area contributed by atoms with Crippen LogP contribution in [0.4, 0.5) is 27.6 Å².